The van der Waals surface area contributed by atoms with Gasteiger partial charge in [-0.3, -0.25) is 9.59 Å². The van der Waals surface area contributed by atoms with Crippen molar-refractivity contribution in [3.05, 3.63) is 59.5 Å². The molecule has 0 fully saturated rings. The highest BCUT2D eigenvalue weighted by atomic mass is 32.1. The van der Waals surface area contributed by atoms with Gasteiger partial charge in [0, 0.05) is 16.8 Å². The molecule has 0 bridgehead atoms. The van der Waals surface area contributed by atoms with Crippen molar-refractivity contribution in [2.24, 2.45) is 0 Å². The van der Waals surface area contributed by atoms with E-state index in [1.165, 1.54) is 4.70 Å². The first-order chi connectivity index (χ1) is 13.1. The van der Waals surface area contributed by atoms with E-state index in [2.05, 4.69) is 0 Å². The Hall–Kier alpha value is -2.86. The molecular formula is C21H19NO4S. The molecule has 0 radical (unpaired) electrons. The van der Waals surface area contributed by atoms with Gasteiger partial charge in [0.2, 0.25) is 0 Å². The van der Waals surface area contributed by atoms with Gasteiger partial charge in [-0.15, -0.1) is 11.3 Å². The Morgan fingerprint density at radius 2 is 1.96 bits per heavy atom. The maximum atomic E-state index is 12.4. The van der Waals surface area contributed by atoms with Crippen LogP contribution in [0.25, 0.3) is 10.1 Å². The zero-order valence-electron chi connectivity index (χ0n) is 14.9. The third-order valence-corrected chi connectivity index (χ3v) is 5.58. The second kappa shape index (κ2) is 7.40. The number of hydrogen-bond donors (Lipinski definition) is 0. The van der Waals surface area contributed by atoms with Crippen molar-refractivity contribution < 1.29 is 19.1 Å². The second-order valence-electron chi connectivity index (χ2n) is 6.39. The van der Waals surface area contributed by atoms with Crippen LogP contribution in [0.3, 0.4) is 0 Å². The van der Waals surface area contributed by atoms with Gasteiger partial charge in [-0.05, 0) is 35.9 Å². The lowest BCUT2D eigenvalue weighted by Gasteiger charge is -2.32. The molecule has 0 spiro atoms. The number of anilines is 1. The summed E-state index contributed by atoms with van der Waals surface area (Å²) in [7, 11) is 0. The van der Waals surface area contributed by atoms with Crippen LogP contribution in [0.5, 0.6) is 5.75 Å². The minimum Gasteiger partial charge on any atom is -0.479 e. The zero-order chi connectivity index (χ0) is 18.8. The quantitative estimate of drug-likeness (QED) is 0.623. The molecule has 0 N–H and O–H groups in total. The molecule has 1 atom stereocenters. The van der Waals surface area contributed by atoms with Crippen molar-refractivity contribution in [2.45, 2.75) is 26.1 Å². The highest BCUT2D eigenvalue weighted by Gasteiger charge is 2.31. The van der Waals surface area contributed by atoms with E-state index in [1.54, 1.807) is 23.2 Å². The minimum absolute atomic E-state index is 0.134. The van der Waals surface area contributed by atoms with E-state index >= 15 is 0 Å². The Bertz CT molecular complexity index is 997. The summed E-state index contributed by atoms with van der Waals surface area (Å²) in [6.45, 7) is 2.23. The van der Waals surface area contributed by atoms with Gasteiger partial charge in [0.25, 0.3) is 5.91 Å². The smallest absolute Gasteiger partial charge is 0.307 e. The maximum absolute atomic E-state index is 12.4. The van der Waals surface area contributed by atoms with Crippen LogP contribution in [0.15, 0.2) is 53.9 Å². The fourth-order valence-electron chi connectivity index (χ4n) is 3.17. The summed E-state index contributed by atoms with van der Waals surface area (Å²) < 4.78 is 12.2. The van der Waals surface area contributed by atoms with Gasteiger partial charge in [0.15, 0.2) is 6.10 Å². The SMILES string of the molecule is CC1Oc2ccccc2N(CCC(=O)OCc2csc3ccccc23)C1=O. The van der Waals surface area contributed by atoms with Gasteiger partial charge in [-0.2, -0.15) is 0 Å². The molecular weight excluding hydrogens is 362 g/mol. The van der Waals surface area contributed by atoms with Crippen molar-refractivity contribution in [3.63, 3.8) is 0 Å². The van der Waals surface area contributed by atoms with E-state index in [1.807, 2.05) is 53.9 Å². The molecule has 6 heteroatoms. The van der Waals surface area contributed by atoms with Gasteiger partial charge in [-0.25, -0.2) is 0 Å². The largest absolute Gasteiger partial charge is 0.479 e. The monoisotopic (exact) mass is 381 g/mol. The van der Waals surface area contributed by atoms with Crippen LogP contribution >= 0.6 is 11.3 Å². The summed E-state index contributed by atoms with van der Waals surface area (Å²) >= 11 is 1.64. The van der Waals surface area contributed by atoms with Crippen LogP contribution < -0.4 is 9.64 Å². The summed E-state index contributed by atoms with van der Waals surface area (Å²) in [6, 6.07) is 15.4. The predicted molar refractivity (Wildman–Crippen MR) is 105 cm³/mol. The lowest BCUT2D eigenvalue weighted by Crippen LogP contribution is -2.45. The molecule has 1 unspecified atom stereocenters. The number of nitrogens with zero attached hydrogens (tertiary/aromatic N) is 1. The molecule has 1 amide bonds. The molecule has 5 nitrogen and oxygen atoms in total. The Morgan fingerprint density at radius 1 is 1.19 bits per heavy atom. The first kappa shape index (κ1) is 17.5. The van der Waals surface area contributed by atoms with Crippen LogP contribution in [0.4, 0.5) is 5.69 Å². The van der Waals surface area contributed by atoms with Gasteiger partial charge < -0.3 is 14.4 Å². The highest BCUT2D eigenvalue weighted by molar-refractivity contribution is 7.17. The van der Waals surface area contributed by atoms with Crippen LogP contribution in [0.2, 0.25) is 0 Å². The lowest BCUT2D eigenvalue weighted by atomic mass is 10.1. The standard InChI is InChI=1S/C21H19NO4S/c1-14-21(24)22(17-7-3-4-8-18(17)26-14)11-10-20(23)25-12-15-13-27-19-9-5-2-6-16(15)19/h2-9,13-14H,10-12H2,1H3. The zero-order valence-corrected chi connectivity index (χ0v) is 15.7. The number of para-hydroxylation sites is 2. The summed E-state index contributed by atoms with van der Waals surface area (Å²) in [6.07, 6.45) is -0.428. The van der Waals surface area contributed by atoms with E-state index < -0.39 is 6.10 Å². The number of amides is 1. The second-order valence-corrected chi connectivity index (χ2v) is 7.30. The van der Waals surface area contributed by atoms with E-state index in [0.29, 0.717) is 11.4 Å². The summed E-state index contributed by atoms with van der Waals surface area (Å²) in [4.78, 5) is 26.3. The average Bonchev–Trinajstić information content (AvgIpc) is 3.10. The van der Waals surface area contributed by atoms with Crippen molar-refractivity contribution in [1.29, 1.82) is 0 Å². The molecule has 0 aliphatic carbocycles. The number of rotatable bonds is 5. The molecule has 0 saturated carbocycles. The van der Waals surface area contributed by atoms with Gasteiger partial charge in [0.1, 0.15) is 12.4 Å². The number of fused-ring (bicyclic) bond motifs is 2. The number of ether oxygens (including phenoxy) is 2. The van der Waals surface area contributed by atoms with Crippen LogP contribution in [0.1, 0.15) is 18.9 Å². The van der Waals surface area contributed by atoms with Crippen molar-refractivity contribution in [3.8, 4) is 5.75 Å². The average molecular weight is 381 g/mol. The molecule has 2 aromatic carbocycles. The molecule has 138 valence electrons. The van der Waals surface area contributed by atoms with Crippen molar-refractivity contribution >= 4 is 39.0 Å². The number of hydrogen-bond acceptors (Lipinski definition) is 5. The van der Waals surface area contributed by atoms with Gasteiger partial charge >= 0.3 is 5.97 Å². The Morgan fingerprint density at radius 3 is 2.85 bits per heavy atom. The molecule has 2 heterocycles. The molecule has 1 aromatic heterocycles. The first-order valence-corrected chi connectivity index (χ1v) is 9.69. The fourth-order valence-corrected chi connectivity index (χ4v) is 4.12. The number of carbonyl (C=O) groups is 2. The normalized spacial score (nSPS) is 16.1. The summed E-state index contributed by atoms with van der Waals surface area (Å²) in [5, 5.41) is 3.13. The number of esters is 1. The van der Waals surface area contributed by atoms with E-state index in [0.717, 1.165) is 10.9 Å². The summed E-state index contributed by atoms with van der Waals surface area (Å²) in [5.41, 5.74) is 1.70. The maximum Gasteiger partial charge on any atom is 0.307 e. The third kappa shape index (κ3) is 3.53. The van der Waals surface area contributed by atoms with Gasteiger partial charge in [0.05, 0.1) is 12.1 Å². The first-order valence-electron chi connectivity index (χ1n) is 8.81. The van der Waals surface area contributed by atoms with E-state index in [4.69, 9.17) is 9.47 Å². The van der Waals surface area contributed by atoms with E-state index in [-0.39, 0.29) is 31.4 Å². The molecule has 1 aliphatic rings. The van der Waals surface area contributed by atoms with Crippen LogP contribution in [-0.2, 0) is 20.9 Å². The number of thiophene rings is 1. The molecule has 0 saturated heterocycles. The predicted octanol–water partition coefficient (Wildman–Crippen LogP) is 4.15. The Labute approximate surface area is 161 Å². The van der Waals surface area contributed by atoms with Gasteiger partial charge in [-0.1, -0.05) is 30.3 Å². The lowest BCUT2D eigenvalue weighted by molar-refractivity contribution is -0.144. The van der Waals surface area contributed by atoms with Crippen molar-refractivity contribution in [1.82, 2.24) is 0 Å². The molecule has 3 aromatic rings. The minimum atomic E-state index is -0.562. The molecule has 27 heavy (non-hydrogen) atoms. The van der Waals surface area contributed by atoms with Crippen LogP contribution in [-0.4, -0.2) is 24.5 Å². The van der Waals surface area contributed by atoms with E-state index in [9.17, 15) is 9.59 Å². The highest BCUT2D eigenvalue weighted by Crippen LogP contribution is 2.33. The van der Waals surface area contributed by atoms with Crippen LogP contribution in [0, 0.1) is 0 Å². The van der Waals surface area contributed by atoms with Crippen molar-refractivity contribution in [2.75, 3.05) is 11.4 Å². The third-order valence-electron chi connectivity index (χ3n) is 4.56. The molecule has 4 rings (SSSR count). The number of carbonyl (C=O) groups excluding carboxylic acids is 2. The fraction of sp³-hybridized carbons (Fsp3) is 0.238. The number of benzene rings is 2. The summed E-state index contributed by atoms with van der Waals surface area (Å²) in [5.74, 6) is 0.183. The molecule has 1 aliphatic heterocycles. The topological polar surface area (TPSA) is 55.8 Å². The Balaban J connectivity index is 1.38. The Kier molecular flexibility index (Phi) is 4.81.